The Morgan fingerprint density at radius 2 is 2.03 bits per heavy atom. The molecular formula is C26H40O5S. The third-order valence-electron chi connectivity index (χ3n) is 5.88. The first-order chi connectivity index (χ1) is 15.5. The maximum absolute atomic E-state index is 12.4. The van der Waals surface area contributed by atoms with Crippen LogP contribution in [-0.4, -0.2) is 64.6 Å². The molecule has 32 heavy (non-hydrogen) atoms. The fourth-order valence-electron chi connectivity index (χ4n) is 4.14. The maximum atomic E-state index is 12.4. The summed E-state index contributed by atoms with van der Waals surface area (Å²) in [4.78, 5) is 12.4. The van der Waals surface area contributed by atoms with Crippen molar-refractivity contribution in [1.29, 1.82) is 0 Å². The molecule has 2 rings (SSSR count). The second-order valence-electron chi connectivity index (χ2n) is 8.59. The number of aliphatic hydroxyl groups is 3. The van der Waals surface area contributed by atoms with Crippen LogP contribution in [0.3, 0.4) is 0 Å². The van der Waals surface area contributed by atoms with Crippen LogP contribution in [0.4, 0.5) is 0 Å². The van der Waals surface area contributed by atoms with E-state index in [0.29, 0.717) is 13.0 Å². The Hall–Kier alpha value is -1.18. The number of aliphatic hydroxyl groups excluding tert-OH is 3. The molecule has 3 N–H and O–H groups in total. The lowest BCUT2D eigenvalue weighted by atomic mass is 9.91. The van der Waals surface area contributed by atoms with Crippen molar-refractivity contribution in [3.05, 3.63) is 47.5 Å². The van der Waals surface area contributed by atoms with Gasteiger partial charge in [0, 0.05) is 37.9 Å². The summed E-state index contributed by atoms with van der Waals surface area (Å²) >= 11 is 1.79. The van der Waals surface area contributed by atoms with Gasteiger partial charge in [-0.3, -0.25) is 4.79 Å². The van der Waals surface area contributed by atoms with Crippen molar-refractivity contribution >= 4 is 17.5 Å². The van der Waals surface area contributed by atoms with Gasteiger partial charge in [-0.25, -0.2) is 0 Å². The highest BCUT2D eigenvalue weighted by molar-refractivity contribution is 7.99. The third kappa shape index (κ3) is 9.75. The second kappa shape index (κ2) is 15.6. The minimum atomic E-state index is -0.665. The van der Waals surface area contributed by atoms with E-state index in [9.17, 15) is 15.0 Å². The highest BCUT2D eigenvalue weighted by atomic mass is 32.2. The highest BCUT2D eigenvalue weighted by Crippen LogP contribution is 2.34. The Balaban J connectivity index is 1.83. The second-order valence-corrected chi connectivity index (χ2v) is 9.82. The molecule has 1 aliphatic carbocycles. The molecule has 0 bridgehead atoms. The van der Waals surface area contributed by atoms with Crippen molar-refractivity contribution in [3.63, 3.8) is 0 Å². The molecule has 6 heteroatoms. The minimum Gasteiger partial charge on any atom is -0.396 e. The SMILES string of the molecule is CCCOCCc1cccc(C[C@H](O)/C=C/[C@H]2[C@H](O)CC(=O)[C@@H]2CCSCCCCO)c1. The smallest absolute Gasteiger partial charge is 0.139 e. The summed E-state index contributed by atoms with van der Waals surface area (Å²) in [6.07, 6.45) is 7.38. The highest BCUT2D eigenvalue weighted by Gasteiger charge is 2.39. The number of carbonyl (C=O) groups excluding carboxylic acids is 1. The largest absolute Gasteiger partial charge is 0.396 e. The van der Waals surface area contributed by atoms with Gasteiger partial charge in [0.1, 0.15) is 5.78 Å². The third-order valence-corrected chi connectivity index (χ3v) is 6.98. The van der Waals surface area contributed by atoms with Crippen LogP contribution in [0.1, 0.15) is 50.2 Å². The molecule has 1 saturated carbocycles. The zero-order valence-corrected chi connectivity index (χ0v) is 20.1. The summed E-state index contributed by atoms with van der Waals surface area (Å²) in [7, 11) is 0. The van der Waals surface area contributed by atoms with Crippen molar-refractivity contribution in [2.75, 3.05) is 31.3 Å². The maximum Gasteiger partial charge on any atom is 0.139 e. The van der Waals surface area contributed by atoms with Crippen LogP contribution in [0.25, 0.3) is 0 Å². The van der Waals surface area contributed by atoms with Crippen LogP contribution < -0.4 is 0 Å². The molecule has 1 fully saturated rings. The number of ether oxygens (including phenoxy) is 1. The van der Waals surface area contributed by atoms with Gasteiger partial charge in [0.25, 0.3) is 0 Å². The fraction of sp³-hybridized carbons (Fsp3) is 0.654. The van der Waals surface area contributed by atoms with Crippen molar-refractivity contribution in [2.45, 2.75) is 64.1 Å². The summed E-state index contributed by atoms with van der Waals surface area (Å²) in [6, 6.07) is 8.21. The Labute approximate surface area is 197 Å². The lowest BCUT2D eigenvalue weighted by molar-refractivity contribution is -0.121. The Kier molecular flexibility index (Phi) is 13.2. The van der Waals surface area contributed by atoms with Gasteiger partial charge in [-0.1, -0.05) is 43.3 Å². The lowest BCUT2D eigenvalue weighted by Gasteiger charge is -2.18. The van der Waals surface area contributed by atoms with Gasteiger partial charge in [0.15, 0.2) is 0 Å². The van der Waals surface area contributed by atoms with E-state index in [1.165, 1.54) is 5.56 Å². The predicted molar refractivity (Wildman–Crippen MR) is 131 cm³/mol. The van der Waals surface area contributed by atoms with Crippen LogP contribution in [0.5, 0.6) is 0 Å². The molecule has 0 heterocycles. The molecule has 0 unspecified atom stereocenters. The molecule has 0 spiro atoms. The molecule has 0 radical (unpaired) electrons. The van der Waals surface area contributed by atoms with Gasteiger partial charge < -0.3 is 20.1 Å². The number of Topliss-reactive ketones (excluding diaryl/α,β-unsaturated/α-hetero) is 1. The molecule has 0 amide bonds. The minimum absolute atomic E-state index is 0.121. The van der Waals surface area contributed by atoms with Gasteiger partial charge >= 0.3 is 0 Å². The van der Waals surface area contributed by atoms with E-state index in [1.807, 2.05) is 18.2 Å². The van der Waals surface area contributed by atoms with E-state index >= 15 is 0 Å². The van der Waals surface area contributed by atoms with Crippen LogP contribution in [0, 0.1) is 11.8 Å². The zero-order chi connectivity index (χ0) is 23.2. The van der Waals surface area contributed by atoms with Crippen molar-refractivity contribution in [2.24, 2.45) is 11.8 Å². The average Bonchev–Trinajstić information content (AvgIpc) is 3.04. The molecule has 0 aliphatic heterocycles. The topological polar surface area (TPSA) is 87.0 Å². The van der Waals surface area contributed by atoms with Crippen molar-refractivity contribution in [3.8, 4) is 0 Å². The number of carbonyl (C=O) groups is 1. The summed E-state index contributed by atoms with van der Waals surface area (Å²) in [5.41, 5.74) is 2.26. The summed E-state index contributed by atoms with van der Waals surface area (Å²) < 4.78 is 5.56. The van der Waals surface area contributed by atoms with Crippen molar-refractivity contribution < 1.29 is 24.9 Å². The standard InChI is InChI=1S/C26H40O5S/c1-2-13-31-14-10-20-6-5-7-21(17-20)18-22(28)8-9-23-24(26(30)19-25(23)29)11-16-32-15-4-3-12-27/h5-9,17,22-25,27-29H,2-4,10-16,18-19H2,1H3/b9-8+/t22-,23-,24-,25-/m1/s1. The number of thioether (sulfide) groups is 1. The van der Waals surface area contributed by atoms with Gasteiger partial charge in [-0.2, -0.15) is 11.8 Å². The van der Waals surface area contributed by atoms with Gasteiger partial charge in [-0.15, -0.1) is 0 Å². The predicted octanol–water partition coefficient (Wildman–Crippen LogP) is 3.58. The normalized spacial score (nSPS) is 22.1. The number of ketones is 1. The van der Waals surface area contributed by atoms with E-state index in [2.05, 4.69) is 19.1 Å². The van der Waals surface area contributed by atoms with Crippen LogP contribution in [0.2, 0.25) is 0 Å². The van der Waals surface area contributed by atoms with Gasteiger partial charge in [-0.05, 0) is 54.7 Å². The Morgan fingerprint density at radius 3 is 2.81 bits per heavy atom. The lowest BCUT2D eigenvalue weighted by Crippen LogP contribution is -2.20. The van der Waals surface area contributed by atoms with Crippen molar-refractivity contribution in [1.82, 2.24) is 0 Å². The first kappa shape index (κ1) is 27.1. The van der Waals surface area contributed by atoms with E-state index < -0.39 is 12.2 Å². The summed E-state index contributed by atoms with van der Waals surface area (Å²) in [6.45, 7) is 3.80. The molecule has 5 nitrogen and oxygen atoms in total. The van der Waals surface area contributed by atoms with E-state index in [1.54, 1.807) is 17.8 Å². The van der Waals surface area contributed by atoms with E-state index in [4.69, 9.17) is 9.84 Å². The van der Waals surface area contributed by atoms with Gasteiger partial charge in [0.05, 0.1) is 18.8 Å². The monoisotopic (exact) mass is 464 g/mol. The molecule has 1 aromatic carbocycles. The van der Waals surface area contributed by atoms with E-state index in [-0.39, 0.29) is 30.6 Å². The van der Waals surface area contributed by atoms with Crippen LogP contribution >= 0.6 is 11.8 Å². The number of benzene rings is 1. The van der Waals surface area contributed by atoms with Gasteiger partial charge in [0.2, 0.25) is 0 Å². The van der Waals surface area contributed by atoms with Crippen LogP contribution in [-0.2, 0) is 22.4 Å². The molecule has 180 valence electrons. The molecular weight excluding hydrogens is 424 g/mol. The first-order valence-corrected chi connectivity index (χ1v) is 13.1. The molecule has 4 atom stereocenters. The zero-order valence-electron chi connectivity index (χ0n) is 19.3. The summed E-state index contributed by atoms with van der Waals surface area (Å²) in [5.74, 6) is 1.57. The quantitative estimate of drug-likeness (QED) is 0.256. The summed E-state index contributed by atoms with van der Waals surface area (Å²) in [5, 5.41) is 29.7. The Morgan fingerprint density at radius 1 is 1.22 bits per heavy atom. The number of rotatable bonds is 16. The van der Waals surface area contributed by atoms with E-state index in [0.717, 1.165) is 55.8 Å². The molecule has 1 aliphatic rings. The number of hydrogen-bond acceptors (Lipinski definition) is 6. The number of hydrogen-bond donors (Lipinski definition) is 3. The fourth-order valence-corrected chi connectivity index (χ4v) is 5.17. The first-order valence-electron chi connectivity index (χ1n) is 12.0. The number of unbranched alkanes of at least 4 members (excludes halogenated alkanes) is 1. The molecule has 1 aromatic rings. The van der Waals surface area contributed by atoms with Crippen LogP contribution in [0.15, 0.2) is 36.4 Å². The molecule has 0 saturated heterocycles. The molecule has 0 aromatic heterocycles. The Bertz CT molecular complexity index is 693. The average molecular weight is 465 g/mol.